The molecule has 0 saturated carbocycles. The molecule has 25 heavy (non-hydrogen) atoms. The van der Waals surface area contributed by atoms with Gasteiger partial charge in [-0.1, -0.05) is 30.3 Å². The van der Waals surface area contributed by atoms with Gasteiger partial charge in [0.15, 0.2) is 0 Å². The van der Waals surface area contributed by atoms with Crippen LogP contribution in [0.25, 0.3) is 0 Å². The van der Waals surface area contributed by atoms with Crippen molar-refractivity contribution in [2.24, 2.45) is 0 Å². The molecule has 2 aromatic carbocycles. The summed E-state index contributed by atoms with van der Waals surface area (Å²) in [5.41, 5.74) is 3.21. The number of carbonyl (C=O) groups is 1. The van der Waals surface area contributed by atoms with Gasteiger partial charge in [0.25, 0.3) is 0 Å². The maximum Gasteiger partial charge on any atom is 0.312 e. The third-order valence-electron chi connectivity index (χ3n) is 4.12. The summed E-state index contributed by atoms with van der Waals surface area (Å²) in [4.78, 5) is 12.4. The Morgan fingerprint density at radius 1 is 1.12 bits per heavy atom. The second kappa shape index (κ2) is 7.53. The van der Waals surface area contributed by atoms with Gasteiger partial charge in [-0.05, 0) is 66.6 Å². The highest BCUT2D eigenvalue weighted by atomic mass is 32.1. The lowest BCUT2D eigenvalue weighted by atomic mass is 9.98. The van der Waals surface area contributed by atoms with Crippen molar-refractivity contribution < 1.29 is 14.6 Å². The number of thiophene rings is 1. The monoisotopic (exact) mass is 352 g/mol. The molecule has 128 valence electrons. The van der Waals surface area contributed by atoms with Gasteiger partial charge in [-0.2, -0.15) is 0 Å². The minimum absolute atomic E-state index is 0.472. The van der Waals surface area contributed by atoms with Crippen LogP contribution in [0, 0.1) is 13.8 Å². The molecule has 4 heteroatoms. The maximum atomic E-state index is 11.6. The van der Waals surface area contributed by atoms with E-state index in [-0.39, 0.29) is 0 Å². The zero-order valence-electron chi connectivity index (χ0n) is 14.2. The lowest BCUT2D eigenvalue weighted by molar-refractivity contribution is -0.138. The third kappa shape index (κ3) is 4.28. The molecule has 3 aromatic rings. The molecular weight excluding hydrogens is 332 g/mol. The molecule has 0 bridgehead atoms. The van der Waals surface area contributed by atoms with Crippen LogP contribution >= 0.6 is 11.3 Å². The lowest BCUT2D eigenvalue weighted by Crippen LogP contribution is -2.13. The standard InChI is InChI=1S/C21H20O3S/c1-14-5-6-15(2)19(12-14)24-17-9-7-16(8-10-17)13-18(21(22)23)20-4-3-11-25-20/h3-12,18H,13H2,1-2H3,(H,22,23). The van der Waals surface area contributed by atoms with Crippen LogP contribution in [0.1, 0.15) is 27.5 Å². The third-order valence-corrected chi connectivity index (χ3v) is 5.11. The number of aliphatic carboxylic acids is 1. The van der Waals surface area contributed by atoms with Gasteiger partial charge in [0.05, 0.1) is 5.92 Å². The second-order valence-corrected chi connectivity index (χ2v) is 7.10. The van der Waals surface area contributed by atoms with Crippen LogP contribution in [0.4, 0.5) is 0 Å². The van der Waals surface area contributed by atoms with Crippen LogP contribution < -0.4 is 4.74 Å². The summed E-state index contributed by atoms with van der Waals surface area (Å²) in [5.74, 6) is 0.291. The Bertz CT molecular complexity index is 851. The number of carboxylic acid groups (broad SMARTS) is 1. The largest absolute Gasteiger partial charge is 0.481 e. The Kier molecular flexibility index (Phi) is 5.19. The normalized spacial score (nSPS) is 11.9. The molecule has 0 radical (unpaired) electrons. The van der Waals surface area contributed by atoms with Gasteiger partial charge in [0, 0.05) is 4.88 Å². The average molecular weight is 352 g/mol. The van der Waals surface area contributed by atoms with Crippen LogP contribution in [0.3, 0.4) is 0 Å². The highest BCUT2D eigenvalue weighted by Crippen LogP contribution is 2.29. The molecule has 3 rings (SSSR count). The molecule has 0 aliphatic rings. The number of aryl methyl sites for hydroxylation is 2. The van der Waals surface area contributed by atoms with Crippen molar-refractivity contribution in [3.8, 4) is 11.5 Å². The summed E-state index contributed by atoms with van der Waals surface area (Å²) in [6, 6.07) is 17.5. The van der Waals surface area contributed by atoms with Crippen molar-refractivity contribution in [1.29, 1.82) is 0 Å². The first-order valence-electron chi connectivity index (χ1n) is 8.13. The number of hydrogen-bond acceptors (Lipinski definition) is 3. The van der Waals surface area contributed by atoms with E-state index >= 15 is 0 Å². The lowest BCUT2D eigenvalue weighted by Gasteiger charge is -2.12. The van der Waals surface area contributed by atoms with E-state index < -0.39 is 11.9 Å². The first-order chi connectivity index (χ1) is 12.0. The number of carboxylic acids is 1. The van der Waals surface area contributed by atoms with Crippen LogP contribution in [0.5, 0.6) is 11.5 Å². The minimum Gasteiger partial charge on any atom is -0.481 e. The van der Waals surface area contributed by atoms with Gasteiger partial charge < -0.3 is 9.84 Å². The van der Waals surface area contributed by atoms with Crippen molar-refractivity contribution in [2.45, 2.75) is 26.2 Å². The average Bonchev–Trinajstić information content (AvgIpc) is 3.11. The zero-order valence-corrected chi connectivity index (χ0v) is 15.0. The van der Waals surface area contributed by atoms with Gasteiger partial charge in [0.1, 0.15) is 11.5 Å². The fourth-order valence-corrected chi connectivity index (χ4v) is 3.49. The van der Waals surface area contributed by atoms with Crippen LogP contribution in [-0.4, -0.2) is 11.1 Å². The molecule has 0 aliphatic carbocycles. The van der Waals surface area contributed by atoms with Gasteiger partial charge in [-0.25, -0.2) is 0 Å². The molecule has 1 N–H and O–H groups in total. The Balaban J connectivity index is 1.73. The van der Waals surface area contributed by atoms with Crippen LogP contribution in [0.2, 0.25) is 0 Å². The second-order valence-electron chi connectivity index (χ2n) is 6.13. The van der Waals surface area contributed by atoms with E-state index in [9.17, 15) is 9.90 Å². The van der Waals surface area contributed by atoms with E-state index in [2.05, 4.69) is 6.07 Å². The number of hydrogen-bond donors (Lipinski definition) is 1. The first-order valence-corrected chi connectivity index (χ1v) is 9.01. The fourth-order valence-electron chi connectivity index (χ4n) is 2.67. The van der Waals surface area contributed by atoms with Gasteiger partial charge in [0.2, 0.25) is 0 Å². The van der Waals surface area contributed by atoms with Gasteiger partial charge >= 0.3 is 5.97 Å². The van der Waals surface area contributed by atoms with E-state index in [0.29, 0.717) is 6.42 Å². The van der Waals surface area contributed by atoms with E-state index in [1.807, 2.05) is 67.8 Å². The van der Waals surface area contributed by atoms with Crippen LogP contribution in [-0.2, 0) is 11.2 Å². The predicted molar refractivity (Wildman–Crippen MR) is 101 cm³/mol. The highest BCUT2D eigenvalue weighted by molar-refractivity contribution is 7.10. The number of rotatable bonds is 6. The Morgan fingerprint density at radius 3 is 2.52 bits per heavy atom. The summed E-state index contributed by atoms with van der Waals surface area (Å²) in [6.07, 6.45) is 0.472. The Labute approximate surface area is 151 Å². The topological polar surface area (TPSA) is 46.5 Å². The molecular formula is C21H20O3S. The Hall–Kier alpha value is -2.59. The SMILES string of the molecule is Cc1ccc(C)c(Oc2ccc(CC(C(=O)O)c3cccs3)cc2)c1. The maximum absolute atomic E-state index is 11.6. The van der Waals surface area contributed by atoms with Crippen molar-refractivity contribution in [2.75, 3.05) is 0 Å². The molecule has 1 atom stereocenters. The summed E-state index contributed by atoms with van der Waals surface area (Å²) in [7, 11) is 0. The molecule has 0 aliphatic heterocycles. The smallest absolute Gasteiger partial charge is 0.312 e. The summed E-state index contributed by atoms with van der Waals surface area (Å²) >= 11 is 1.48. The highest BCUT2D eigenvalue weighted by Gasteiger charge is 2.21. The van der Waals surface area contributed by atoms with E-state index in [0.717, 1.165) is 33.1 Å². The van der Waals surface area contributed by atoms with Crippen molar-refractivity contribution in [3.05, 3.63) is 81.5 Å². The first kappa shape index (κ1) is 17.2. The number of ether oxygens (including phenoxy) is 1. The van der Waals surface area contributed by atoms with E-state index in [1.165, 1.54) is 11.3 Å². The Morgan fingerprint density at radius 2 is 1.88 bits per heavy atom. The zero-order chi connectivity index (χ0) is 17.8. The van der Waals surface area contributed by atoms with Crippen molar-refractivity contribution >= 4 is 17.3 Å². The molecule has 3 nitrogen and oxygen atoms in total. The number of benzene rings is 2. The summed E-state index contributed by atoms with van der Waals surface area (Å²) < 4.78 is 5.96. The molecule has 0 fully saturated rings. The summed E-state index contributed by atoms with van der Waals surface area (Å²) in [6.45, 7) is 4.05. The molecule has 1 aromatic heterocycles. The molecule has 0 amide bonds. The van der Waals surface area contributed by atoms with Gasteiger partial charge in [-0.3, -0.25) is 4.79 Å². The van der Waals surface area contributed by atoms with Crippen molar-refractivity contribution in [1.82, 2.24) is 0 Å². The summed E-state index contributed by atoms with van der Waals surface area (Å²) in [5, 5.41) is 11.4. The van der Waals surface area contributed by atoms with Gasteiger partial charge in [-0.15, -0.1) is 11.3 Å². The van der Waals surface area contributed by atoms with E-state index in [1.54, 1.807) is 0 Å². The molecule has 1 unspecified atom stereocenters. The minimum atomic E-state index is -0.793. The fraction of sp³-hybridized carbons (Fsp3) is 0.190. The van der Waals surface area contributed by atoms with E-state index in [4.69, 9.17) is 4.74 Å². The molecule has 0 spiro atoms. The molecule has 1 heterocycles. The van der Waals surface area contributed by atoms with Crippen LogP contribution in [0.15, 0.2) is 60.0 Å². The molecule has 0 saturated heterocycles. The predicted octanol–water partition coefficient (Wildman–Crippen LogP) is 5.57. The quantitative estimate of drug-likeness (QED) is 0.631. The van der Waals surface area contributed by atoms with Crippen molar-refractivity contribution in [3.63, 3.8) is 0 Å².